The van der Waals surface area contributed by atoms with Gasteiger partial charge in [0, 0.05) is 11.1 Å². The van der Waals surface area contributed by atoms with E-state index in [1.807, 2.05) is 0 Å². The Hall–Kier alpha value is -1.70. The molecule has 0 aliphatic carbocycles. The molecule has 0 saturated heterocycles. The molecule has 0 aromatic carbocycles. The van der Waals surface area contributed by atoms with Gasteiger partial charge in [-0.2, -0.15) is 0 Å². The zero-order valence-corrected chi connectivity index (χ0v) is 12.5. The molecule has 0 aromatic rings. The molecule has 0 N–H and O–H groups in total. The molecule has 0 bridgehead atoms. The van der Waals surface area contributed by atoms with Crippen LogP contribution in [0.2, 0.25) is 0 Å². The van der Waals surface area contributed by atoms with Crippen LogP contribution in [0.4, 0.5) is 0 Å². The maximum atomic E-state index is 11.0. The summed E-state index contributed by atoms with van der Waals surface area (Å²) >= 11 is 0. The summed E-state index contributed by atoms with van der Waals surface area (Å²) in [7, 11) is 0. The Balaban J connectivity index is 3.23. The predicted molar refractivity (Wildman–Crippen MR) is 74.3 cm³/mol. The molecule has 0 saturated carbocycles. The number of carbonyl (C=O) groups excluding carboxylic acids is 2. The van der Waals surface area contributed by atoms with Crippen LogP contribution in [0.5, 0.6) is 0 Å². The van der Waals surface area contributed by atoms with Crippen LogP contribution in [0.3, 0.4) is 0 Å². The molecule has 7 nitrogen and oxygen atoms in total. The molecule has 21 heavy (non-hydrogen) atoms. The fourth-order valence-electron chi connectivity index (χ4n) is 0.921. The summed E-state index contributed by atoms with van der Waals surface area (Å²) in [5.41, 5.74) is 0.677. The number of ether oxygens (including phenoxy) is 3. The Kier molecular flexibility index (Phi) is 11.1. The van der Waals surface area contributed by atoms with Gasteiger partial charge in [0.1, 0.15) is 26.4 Å². The van der Waals surface area contributed by atoms with Crippen molar-refractivity contribution in [2.24, 2.45) is 0 Å². The SMILES string of the molecule is C=C(C)C(=O)OCCOCCOOCCOC(=O)C(=C)C. The van der Waals surface area contributed by atoms with E-state index in [4.69, 9.17) is 24.0 Å². The smallest absolute Gasteiger partial charge is 0.333 e. The summed E-state index contributed by atoms with van der Waals surface area (Å²) in [6, 6.07) is 0. The van der Waals surface area contributed by atoms with Crippen LogP contribution in [-0.4, -0.2) is 51.6 Å². The lowest BCUT2D eigenvalue weighted by molar-refractivity contribution is -0.302. The van der Waals surface area contributed by atoms with E-state index in [2.05, 4.69) is 13.2 Å². The Morgan fingerprint density at radius 1 is 0.714 bits per heavy atom. The minimum atomic E-state index is -0.466. The molecule has 0 aliphatic heterocycles. The number of hydrogen-bond donors (Lipinski definition) is 0. The highest BCUT2D eigenvalue weighted by Crippen LogP contribution is 1.93. The van der Waals surface area contributed by atoms with Gasteiger partial charge in [0.05, 0.1) is 13.2 Å². The molecule has 0 heterocycles. The fourth-order valence-corrected chi connectivity index (χ4v) is 0.921. The molecular formula is C14H22O7. The first-order valence-electron chi connectivity index (χ1n) is 6.42. The monoisotopic (exact) mass is 302 g/mol. The standard InChI is InChI=1S/C14H22O7/c1-11(2)13(15)18-7-5-17-6-9-20-21-10-8-19-14(16)12(3)4/h1,3,5-10H2,2,4H3. The van der Waals surface area contributed by atoms with Crippen LogP contribution >= 0.6 is 0 Å². The average molecular weight is 302 g/mol. The number of rotatable bonds is 12. The first-order chi connectivity index (χ1) is 9.95. The third-order valence-electron chi connectivity index (χ3n) is 1.95. The molecule has 0 fully saturated rings. The number of carbonyl (C=O) groups is 2. The van der Waals surface area contributed by atoms with Gasteiger partial charge in [-0.1, -0.05) is 13.2 Å². The van der Waals surface area contributed by atoms with Crippen molar-refractivity contribution in [3.8, 4) is 0 Å². The quantitative estimate of drug-likeness (QED) is 0.176. The van der Waals surface area contributed by atoms with E-state index in [-0.39, 0.29) is 39.6 Å². The summed E-state index contributed by atoms with van der Waals surface area (Å²) in [5.74, 6) is -0.909. The summed E-state index contributed by atoms with van der Waals surface area (Å²) in [6.45, 7) is 11.1. The van der Waals surface area contributed by atoms with Gasteiger partial charge in [0.15, 0.2) is 0 Å². The van der Waals surface area contributed by atoms with Gasteiger partial charge in [-0.05, 0) is 13.8 Å². The Morgan fingerprint density at radius 3 is 1.57 bits per heavy atom. The zero-order chi connectivity index (χ0) is 16.1. The van der Waals surface area contributed by atoms with Crippen LogP contribution in [0, 0.1) is 0 Å². The van der Waals surface area contributed by atoms with E-state index in [0.29, 0.717) is 11.1 Å². The summed E-state index contributed by atoms with van der Waals surface area (Å²) in [5, 5.41) is 0. The maximum absolute atomic E-state index is 11.0. The third kappa shape index (κ3) is 11.8. The van der Waals surface area contributed by atoms with Crippen molar-refractivity contribution in [2.75, 3.05) is 39.6 Å². The van der Waals surface area contributed by atoms with E-state index in [1.54, 1.807) is 13.8 Å². The first-order valence-corrected chi connectivity index (χ1v) is 6.42. The van der Waals surface area contributed by atoms with Crippen LogP contribution < -0.4 is 0 Å². The van der Waals surface area contributed by atoms with Gasteiger partial charge in [-0.25, -0.2) is 19.4 Å². The lowest BCUT2D eigenvalue weighted by atomic mass is 10.4. The summed E-state index contributed by atoms with van der Waals surface area (Å²) in [4.78, 5) is 31.5. The van der Waals surface area contributed by atoms with Gasteiger partial charge in [0.25, 0.3) is 0 Å². The Morgan fingerprint density at radius 2 is 1.10 bits per heavy atom. The minimum Gasteiger partial charge on any atom is -0.460 e. The molecule has 0 atom stereocenters. The van der Waals surface area contributed by atoms with E-state index < -0.39 is 11.9 Å². The molecule has 7 heteroatoms. The highest BCUT2D eigenvalue weighted by Gasteiger charge is 2.03. The zero-order valence-electron chi connectivity index (χ0n) is 12.5. The lowest BCUT2D eigenvalue weighted by Gasteiger charge is -2.07. The van der Waals surface area contributed by atoms with E-state index in [9.17, 15) is 9.59 Å². The summed E-state index contributed by atoms with van der Waals surface area (Å²) in [6.07, 6.45) is 0. The second-order valence-electron chi connectivity index (χ2n) is 4.09. The minimum absolute atomic E-state index is 0.0867. The van der Waals surface area contributed by atoms with Crippen molar-refractivity contribution in [2.45, 2.75) is 13.8 Å². The number of hydrogen-bond acceptors (Lipinski definition) is 7. The molecular weight excluding hydrogens is 280 g/mol. The van der Waals surface area contributed by atoms with Gasteiger partial charge < -0.3 is 14.2 Å². The number of esters is 2. The molecule has 0 aromatic heterocycles. The molecule has 0 aliphatic rings. The van der Waals surface area contributed by atoms with Gasteiger partial charge in [-0.15, -0.1) is 0 Å². The molecule has 0 amide bonds. The van der Waals surface area contributed by atoms with Gasteiger partial charge in [-0.3, -0.25) is 0 Å². The highest BCUT2D eigenvalue weighted by atomic mass is 17.2. The Labute approximate surface area is 124 Å². The van der Waals surface area contributed by atoms with Crippen LogP contribution in [0.25, 0.3) is 0 Å². The van der Waals surface area contributed by atoms with E-state index in [0.717, 1.165) is 0 Å². The van der Waals surface area contributed by atoms with E-state index >= 15 is 0 Å². The average Bonchev–Trinajstić information content (AvgIpc) is 2.43. The third-order valence-corrected chi connectivity index (χ3v) is 1.95. The van der Waals surface area contributed by atoms with Crippen molar-refractivity contribution in [1.82, 2.24) is 0 Å². The summed E-state index contributed by atoms with van der Waals surface area (Å²) < 4.78 is 14.7. The molecule has 0 spiro atoms. The second kappa shape index (κ2) is 12.1. The van der Waals surface area contributed by atoms with Crippen molar-refractivity contribution >= 4 is 11.9 Å². The molecule has 120 valence electrons. The van der Waals surface area contributed by atoms with Crippen molar-refractivity contribution in [3.05, 3.63) is 24.3 Å². The molecule has 0 radical (unpaired) electrons. The second-order valence-corrected chi connectivity index (χ2v) is 4.09. The van der Waals surface area contributed by atoms with E-state index in [1.165, 1.54) is 0 Å². The Bertz CT molecular complexity index is 328. The van der Waals surface area contributed by atoms with Crippen LogP contribution in [0.15, 0.2) is 24.3 Å². The first kappa shape index (κ1) is 19.3. The van der Waals surface area contributed by atoms with Gasteiger partial charge in [0.2, 0.25) is 0 Å². The largest absolute Gasteiger partial charge is 0.460 e. The fraction of sp³-hybridized carbons (Fsp3) is 0.571. The maximum Gasteiger partial charge on any atom is 0.333 e. The topological polar surface area (TPSA) is 80.3 Å². The van der Waals surface area contributed by atoms with Crippen LogP contribution in [0.1, 0.15) is 13.8 Å². The highest BCUT2D eigenvalue weighted by molar-refractivity contribution is 5.87. The van der Waals surface area contributed by atoms with Gasteiger partial charge >= 0.3 is 11.9 Å². The molecule has 0 unspecified atom stereocenters. The van der Waals surface area contributed by atoms with Crippen molar-refractivity contribution in [1.29, 1.82) is 0 Å². The van der Waals surface area contributed by atoms with Crippen molar-refractivity contribution in [3.63, 3.8) is 0 Å². The normalized spacial score (nSPS) is 10.0. The lowest BCUT2D eigenvalue weighted by Crippen LogP contribution is -2.14. The molecule has 0 rings (SSSR count). The predicted octanol–water partition coefficient (Wildman–Crippen LogP) is 1.19. The van der Waals surface area contributed by atoms with Crippen molar-refractivity contribution < 1.29 is 33.6 Å². The van der Waals surface area contributed by atoms with Crippen LogP contribution in [-0.2, 0) is 33.6 Å².